The van der Waals surface area contributed by atoms with Gasteiger partial charge in [0.25, 0.3) is 0 Å². The quantitative estimate of drug-likeness (QED) is 0.614. The molecule has 0 spiro atoms. The normalized spacial score (nSPS) is 19.6. The van der Waals surface area contributed by atoms with Gasteiger partial charge < -0.3 is 11.1 Å². The van der Waals surface area contributed by atoms with Gasteiger partial charge in [0.15, 0.2) is 5.82 Å². The highest BCUT2D eigenvalue weighted by Crippen LogP contribution is 2.17. The molecule has 7 nitrogen and oxygen atoms in total. The van der Waals surface area contributed by atoms with Crippen LogP contribution in [-0.2, 0) is 16.1 Å². The van der Waals surface area contributed by atoms with Crippen molar-refractivity contribution in [1.29, 1.82) is 0 Å². The summed E-state index contributed by atoms with van der Waals surface area (Å²) in [6.45, 7) is -0.0797. The Morgan fingerprint density at radius 3 is 3.00 bits per heavy atom. The highest BCUT2D eigenvalue weighted by atomic mass is 19.1. The maximum Gasteiger partial charge on any atom is 0.249 e. The Hall–Kier alpha value is -2.09. The summed E-state index contributed by atoms with van der Waals surface area (Å²) in [4.78, 5) is 22.5. The van der Waals surface area contributed by atoms with Crippen molar-refractivity contribution in [3.63, 3.8) is 0 Å². The molecule has 1 aliphatic heterocycles. The molecule has 2 amide bonds. The van der Waals surface area contributed by atoms with E-state index in [0.717, 1.165) is 0 Å². The molecule has 0 bridgehead atoms. The van der Waals surface area contributed by atoms with Crippen molar-refractivity contribution in [2.75, 3.05) is 5.32 Å². The standard InChI is InChI=1S/C10H12FN5O2/c11-9-6(3-12)16-13-4-7(9)14-5-1-2-8(17)15-10(5)18/h4-5H,1-3,12H2,(H,14,16)(H,15,17,18). The number of rotatable bonds is 3. The first kappa shape index (κ1) is 12.4. The fraction of sp³-hybridized carbons (Fsp3) is 0.400. The first-order valence-corrected chi connectivity index (χ1v) is 5.42. The monoisotopic (exact) mass is 253 g/mol. The van der Waals surface area contributed by atoms with Crippen molar-refractivity contribution < 1.29 is 14.0 Å². The van der Waals surface area contributed by atoms with E-state index in [-0.39, 0.29) is 30.3 Å². The van der Waals surface area contributed by atoms with Gasteiger partial charge in [0.05, 0.1) is 11.9 Å². The van der Waals surface area contributed by atoms with E-state index in [1.165, 1.54) is 6.20 Å². The number of aromatic nitrogens is 2. The average molecular weight is 253 g/mol. The zero-order valence-corrected chi connectivity index (χ0v) is 9.44. The Labute approximate surface area is 102 Å². The van der Waals surface area contributed by atoms with Crippen LogP contribution in [0.25, 0.3) is 0 Å². The molecular formula is C10H12FN5O2. The number of carbonyl (C=O) groups is 2. The molecular weight excluding hydrogens is 241 g/mol. The van der Waals surface area contributed by atoms with Gasteiger partial charge in [0, 0.05) is 13.0 Å². The van der Waals surface area contributed by atoms with Crippen molar-refractivity contribution in [2.45, 2.75) is 25.4 Å². The van der Waals surface area contributed by atoms with Gasteiger partial charge in [-0.3, -0.25) is 14.9 Å². The van der Waals surface area contributed by atoms with Crippen molar-refractivity contribution >= 4 is 17.5 Å². The van der Waals surface area contributed by atoms with Crippen LogP contribution in [0.3, 0.4) is 0 Å². The summed E-state index contributed by atoms with van der Waals surface area (Å²) in [5.41, 5.74) is 5.38. The van der Waals surface area contributed by atoms with Crippen molar-refractivity contribution in [3.8, 4) is 0 Å². The van der Waals surface area contributed by atoms with Gasteiger partial charge in [-0.1, -0.05) is 0 Å². The molecule has 1 aromatic rings. The van der Waals surface area contributed by atoms with E-state index in [1.807, 2.05) is 0 Å². The zero-order valence-electron chi connectivity index (χ0n) is 9.44. The van der Waals surface area contributed by atoms with Crippen molar-refractivity contribution in [2.24, 2.45) is 5.73 Å². The van der Waals surface area contributed by atoms with Gasteiger partial charge >= 0.3 is 0 Å². The van der Waals surface area contributed by atoms with Crippen molar-refractivity contribution in [1.82, 2.24) is 15.5 Å². The Kier molecular flexibility index (Phi) is 3.47. The lowest BCUT2D eigenvalue weighted by atomic mass is 10.1. The number of hydrogen-bond donors (Lipinski definition) is 3. The lowest BCUT2D eigenvalue weighted by Crippen LogP contribution is -2.47. The first-order valence-electron chi connectivity index (χ1n) is 5.42. The lowest BCUT2D eigenvalue weighted by Gasteiger charge is -2.22. The van der Waals surface area contributed by atoms with E-state index in [9.17, 15) is 14.0 Å². The third-order valence-corrected chi connectivity index (χ3v) is 2.62. The van der Waals surface area contributed by atoms with E-state index in [4.69, 9.17) is 5.73 Å². The van der Waals surface area contributed by atoms with Crippen LogP contribution in [0.15, 0.2) is 6.20 Å². The van der Waals surface area contributed by atoms with E-state index in [1.54, 1.807) is 0 Å². The predicted octanol–water partition coefficient (Wildman–Crippen LogP) is -0.709. The van der Waals surface area contributed by atoms with E-state index < -0.39 is 17.8 Å². The SMILES string of the molecule is NCc1nncc(NC2CCC(=O)NC2=O)c1F. The minimum atomic E-state index is -0.660. The molecule has 1 aromatic heterocycles. The molecule has 1 atom stereocenters. The molecule has 1 unspecified atom stereocenters. The second-order valence-corrected chi connectivity index (χ2v) is 3.87. The molecule has 1 saturated heterocycles. The number of piperidine rings is 1. The van der Waals surface area contributed by atoms with Gasteiger partial charge in [0.2, 0.25) is 11.8 Å². The van der Waals surface area contributed by atoms with Crippen LogP contribution in [0.1, 0.15) is 18.5 Å². The van der Waals surface area contributed by atoms with Crippen molar-refractivity contribution in [3.05, 3.63) is 17.7 Å². The molecule has 1 aliphatic rings. The number of hydrogen-bond acceptors (Lipinski definition) is 6. The number of anilines is 1. The number of nitrogens with two attached hydrogens (primary N) is 1. The summed E-state index contributed by atoms with van der Waals surface area (Å²) >= 11 is 0. The molecule has 8 heteroatoms. The summed E-state index contributed by atoms with van der Waals surface area (Å²) in [5.74, 6) is -1.43. The molecule has 96 valence electrons. The maximum absolute atomic E-state index is 13.8. The minimum absolute atomic E-state index is 0.0206. The van der Waals surface area contributed by atoms with Crippen LogP contribution >= 0.6 is 0 Å². The molecule has 0 aliphatic carbocycles. The summed E-state index contributed by atoms with van der Waals surface area (Å²) in [6, 6.07) is -0.660. The number of halogens is 1. The molecule has 0 saturated carbocycles. The molecule has 0 aromatic carbocycles. The highest BCUT2D eigenvalue weighted by molar-refractivity contribution is 6.01. The predicted molar refractivity (Wildman–Crippen MR) is 59.7 cm³/mol. The number of amides is 2. The average Bonchev–Trinajstić information content (AvgIpc) is 2.35. The fourth-order valence-electron chi connectivity index (χ4n) is 1.66. The third kappa shape index (κ3) is 2.43. The molecule has 18 heavy (non-hydrogen) atoms. The van der Waals surface area contributed by atoms with E-state index >= 15 is 0 Å². The van der Waals surface area contributed by atoms with E-state index in [2.05, 4.69) is 20.8 Å². The summed E-state index contributed by atoms with van der Waals surface area (Å²) in [6.07, 6.45) is 1.70. The van der Waals surface area contributed by atoms with Crippen LogP contribution < -0.4 is 16.4 Å². The Morgan fingerprint density at radius 1 is 1.56 bits per heavy atom. The third-order valence-electron chi connectivity index (χ3n) is 2.62. The summed E-state index contributed by atoms with van der Waals surface area (Å²) < 4.78 is 13.8. The number of carbonyl (C=O) groups excluding carboxylic acids is 2. The van der Waals surface area contributed by atoms with Crippen LogP contribution in [0.5, 0.6) is 0 Å². The molecule has 1 fully saturated rings. The summed E-state index contributed by atoms with van der Waals surface area (Å²) in [5, 5.41) is 12.0. The first-order chi connectivity index (χ1) is 8.61. The topological polar surface area (TPSA) is 110 Å². The van der Waals surface area contributed by atoms with Crippen LogP contribution in [0.4, 0.5) is 10.1 Å². The maximum atomic E-state index is 13.8. The van der Waals surface area contributed by atoms with Gasteiger partial charge in [0.1, 0.15) is 11.7 Å². The number of imide groups is 1. The second kappa shape index (κ2) is 5.05. The highest BCUT2D eigenvalue weighted by Gasteiger charge is 2.27. The Balaban J connectivity index is 2.14. The fourth-order valence-corrected chi connectivity index (χ4v) is 1.66. The zero-order chi connectivity index (χ0) is 13.1. The molecule has 2 heterocycles. The Bertz CT molecular complexity index is 493. The van der Waals surface area contributed by atoms with Gasteiger partial charge in [-0.05, 0) is 6.42 Å². The molecule has 2 rings (SSSR count). The second-order valence-electron chi connectivity index (χ2n) is 3.87. The summed E-state index contributed by atoms with van der Waals surface area (Å²) in [7, 11) is 0. The Morgan fingerprint density at radius 2 is 2.33 bits per heavy atom. The number of nitrogens with one attached hydrogen (secondary N) is 2. The van der Waals surface area contributed by atoms with Gasteiger partial charge in [-0.25, -0.2) is 4.39 Å². The van der Waals surface area contributed by atoms with Gasteiger partial charge in [-0.15, -0.1) is 0 Å². The lowest BCUT2D eigenvalue weighted by molar-refractivity contribution is -0.133. The van der Waals surface area contributed by atoms with Crippen LogP contribution in [0, 0.1) is 5.82 Å². The van der Waals surface area contributed by atoms with Crippen LogP contribution in [-0.4, -0.2) is 28.1 Å². The number of nitrogens with zero attached hydrogens (tertiary/aromatic N) is 2. The molecule has 0 radical (unpaired) electrons. The smallest absolute Gasteiger partial charge is 0.249 e. The van der Waals surface area contributed by atoms with E-state index in [0.29, 0.717) is 6.42 Å². The minimum Gasteiger partial charge on any atom is -0.370 e. The largest absolute Gasteiger partial charge is 0.370 e. The molecule has 4 N–H and O–H groups in total. The van der Waals surface area contributed by atoms with Crippen LogP contribution in [0.2, 0.25) is 0 Å². The van der Waals surface area contributed by atoms with Gasteiger partial charge in [-0.2, -0.15) is 10.2 Å².